The van der Waals surface area contributed by atoms with E-state index in [9.17, 15) is 4.79 Å². The molecule has 0 aliphatic heterocycles. The van der Waals surface area contributed by atoms with Crippen LogP contribution in [-0.4, -0.2) is 5.78 Å². The smallest absolute Gasteiger partial charge is 0.227 e. The predicted molar refractivity (Wildman–Crippen MR) is 62.1 cm³/mol. The predicted octanol–water partition coefficient (Wildman–Crippen LogP) is -0.831. The minimum Gasteiger partial charge on any atom is -1.00 e. The van der Waals surface area contributed by atoms with E-state index in [0.717, 1.165) is 11.3 Å². The molecule has 2 nitrogen and oxygen atoms in total. The van der Waals surface area contributed by atoms with Gasteiger partial charge in [-0.05, 0) is 0 Å². The van der Waals surface area contributed by atoms with E-state index in [1.54, 1.807) is 0 Å². The monoisotopic (exact) mass is 291 g/mol. The van der Waals surface area contributed by atoms with Crippen LogP contribution in [0.4, 0.5) is 0 Å². The molecule has 2 rings (SSSR count). The van der Waals surface area contributed by atoms with Crippen molar-refractivity contribution in [2.45, 2.75) is 13.5 Å². The Labute approximate surface area is 112 Å². The third-order valence-corrected chi connectivity index (χ3v) is 2.58. The van der Waals surface area contributed by atoms with Crippen molar-refractivity contribution < 1.29 is 26.3 Å². The van der Waals surface area contributed by atoms with E-state index in [1.807, 2.05) is 66.2 Å². The fraction of sp³-hybridized carbons (Fsp3) is 0.143. The summed E-state index contributed by atoms with van der Waals surface area (Å²) in [6.07, 6.45) is 1.93. The van der Waals surface area contributed by atoms with Gasteiger partial charge in [0.05, 0.1) is 0 Å². The molecular weight excluding hydrogens is 278 g/mol. The van der Waals surface area contributed by atoms with Crippen molar-refractivity contribution >= 4 is 5.78 Å². The Hall–Kier alpha value is -1.48. The van der Waals surface area contributed by atoms with Gasteiger partial charge in [0.2, 0.25) is 12.3 Å². The minimum atomic E-state index is 0. The lowest BCUT2D eigenvalue weighted by Crippen LogP contribution is -3.00. The van der Waals surface area contributed by atoms with E-state index in [-0.39, 0.29) is 22.8 Å². The quantitative estimate of drug-likeness (QED) is 0.534. The third kappa shape index (κ3) is 3.49. The number of carbonyl (C=O) groups is 1. The van der Waals surface area contributed by atoms with E-state index >= 15 is 0 Å². The minimum absolute atomic E-state index is 0. The van der Waals surface area contributed by atoms with Gasteiger partial charge < -0.3 is 17.0 Å². The molecule has 0 saturated heterocycles. The van der Waals surface area contributed by atoms with Gasteiger partial charge in [0, 0.05) is 24.6 Å². The van der Waals surface area contributed by atoms with Gasteiger partial charge in [-0.25, -0.2) is 0 Å². The summed E-state index contributed by atoms with van der Waals surface area (Å²) >= 11 is 0. The Balaban J connectivity index is 0.00000144. The normalized spacial score (nSPS) is 9.47. The zero-order chi connectivity index (χ0) is 11.4. The van der Waals surface area contributed by atoms with Crippen LogP contribution in [0, 0.1) is 6.92 Å². The lowest BCUT2D eigenvalue weighted by atomic mass is 10.1. The summed E-state index contributed by atoms with van der Waals surface area (Å²) in [4.78, 5) is 11.9. The molecule has 1 heterocycles. The van der Waals surface area contributed by atoms with Crippen LogP contribution < -0.4 is 21.5 Å². The molecule has 0 saturated carbocycles. The van der Waals surface area contributed by atoms with Crippen molar-refractivity contribution in [1.82, 2.24) is 0 Å². The fourth-order valence-electron chi connectivity index (χ4n) is 1.61. The van der Waals surface area contributed by atoms with Gasteiger partial charge in [-0.3, -0.25) is 4.79 Å². The molecule has 0 atom stereocenters. The molecule has 0 amide bonds. The van der Waals surface area contributed by atoms with Crippen molar-refractivity contribution in [2.24, 2.45) is 0 Å². The molecule has 17 heavy (non-hydrogen) atoms. The van der Waals surface area contributed by atoms with E-state index in [4.69, 9.17) is 0 Å². The third-order valence-electron chi connectivity index (χ3n) is 2.58. The highest BCUT2D eigenvalue weighted by Gasteiger charge is 2.12. The van der Waals surface area contributed by atoms with Crippen LogP contribution in [-0.2, 0) is 6.54 Å². The fourth-order valence-corrected chi connectivity index (χ4v) is 1.61. The number of aryl methyl sites for hydroxylation is 1. The number of ketones is 1. The van der Waals surface area contributed by atoms with Crippen LogP contribution in [0.25, 0.3) is 0 Å². The highest BCUT2D eigenvalue weighted by molar-refractivity contribution is 5.94. The van der Waals surface area contributed by atoms with Crippen LogP contribution in [0.5, 0.6) is 0 Å². The number of hydrogen-bond acceptors (Lipinski definition) is 1. The molecule has 2 aromatic rings. The molecule has 88 valence electrons. The zero-order valence-electron chi connectivity index (χ0n) is 9.64. The molecule has 0 spiro atoms. The van der Waals surface area contributed by atoms with Crippen LogP contribution in [0.15, 0.2) is 54.7 Å². The maximum atomic E-state index is 11.9. The molecule has 0 aliphatic rings. The maximum absolute atomic E-state index is 11.9. The largest absolute Gasteiger partial charge is 1.00 e. The van der Waals surface area contributed by atoms with Crippen LogP contribution in [0.2, 0.25) is 0 Å². The van der Waals surface area contributed by atoms with Gasteiger partial charge in [0.15, 0.2) is 11.9 Å². The molecule has 1 aromatic carbocycles. The standard InChI is InChI=1S/C14H14NO.BrH/c1-12-7-5-6-10-15(12)11-14(16)13-8-3-2-4-9-13;/h2-10H,11H2,1H3;1H/q+1;/p-1. The highest BCUT2D eigenvalue weighted by Crippen LogP contribution is 2.00. The van der Waals surface area contributed by atoms with Gasteiger partial charge in [-0.1, -0.05) is 36.4 Å². The molecular formula is C14H14BrNO. The van der Waals surface area contributed by atoms with Crippen molar-refractivity contribution in [3.05, 3.63) is 66.0 Å². The Bertz CT molecular complexity index is 497. The van der Waals surface area contributed by atoms with Gasteiger partial charge in [0.25, 0.3) is 0 Å². The summed E-state index contributed by atoms with van der Waals surface area (Å²) in [5.41, 5.74) is 1.85. The lowest BCUT2D eigenvalue weighted by Gasteiger charge is -1.99. The molecule has 0 bridgehead atoms. The van der Waals surface area contributed by atoms with Crippen LogP contribution in [0.3, 0.4) is 0 Å². The Morgan fingerprint density at radius 3 is 2.35 bits per heavy atom. The van der Waals surface area contributed by atoms with E-state index < -0.39 is 0 Å². The number of hydrogen-bond donors (Lipinski definition) is 0. The Morgan fingerprint density at radius 2 is 1.71 bits per heavy atom. The van der Waals surface area contributed by atoms with Crippen molar-refractivity contribution in [3.63, 3.8) is 0 Å². The number of benzene rings is 1. The topological polar surface area (TPSA) is 20.9 Å². The maximum Gasteiger partial charge on any atom is 0.227 e. The first-order valence-corrected chi connectivity index (χ1v) is 5.31. The summed E-state index contributed by atoms with van der Waals surface area (Å²) in [6, 6.07) is 15.3. The van der Waals surface area contributed by atoms with E-state index in [1.165, 1.54) is 0 Å². The molecule has 0 aliphatic carbocycles. The molecule has 0 radical (unpaired) electrons. The second-order valence-corrected chi connectivity index (χ2v) is 3.76. The number of carbonyl (C=O) groups excluding carboxylic acids is 1. The zero-order valence-corrected chi connectivity index (χ0v) is 11.2. The summed E-state index contributed by atoms with van der Waals surface area (Å²) in [6.45, 7) is 2.40. The SMILES string of the molecule is Cc1cccc[n+]1CC(=O)c1ccccc1.[Br-]. The van der Waals surface area contributed by atoms with Crippen LogP contribution in [0.1, 0.15) is 16.1 Å². The second kappa shape index (κ2) is 6.30. The number of nitrogens with zero attached hydrogens (tertiary/aromatic N) is 1. The van der Waals surface area contributed by atoms with Crippen molar-refractivity contribution in [3.8, 4) is 0 Å². The van der Waals surface area contributed by atoms with Gasteiger partial charge in [-0.15, -0.1) is 0 Å². The number of rotatable bonds is 3. The molecule has 0 unspecified atom stereocenters. The number of Topliss-reactive ketones (excluding diaryl/α,β-unsaturated/α-hetero) is 1. The number of halogens is 1. The highest BCUT2D eigenvalue weighted by atomic mass is 79.9. The Morgan fingerprint density at radius 1 is 1.06 bits per heavy atom. The molecule has 1 aromatic heterocycles. The molecule has 0 N–H and O–H groups in total. The number of aromatic nitrogens is 1. The van der Waals surface area contributed by atoms with Gasteiger partial charge in [-0.2, -0.15) is 4.57 Å². The average molecular weight is 292 g/mol. The summed E-state index contributed by atoms with van der Waals surface area (Å²) in [5, 5.41) is 0. The van der Waals surface area contributed by atoms with Crippen LogP contribution >= 0.6 is 0 Å². The first kappa shape index (κ1) is 13.6. The van der Waals surface area contributed by atoms with Crippen molar-refractivity contribution in [2.75, 3.05) is 0 Å². The lowest BCUT2D eigenvalue weighted by molar-refractivity contribution is -0.689. The average Bonchev–Trinajstić information content (AvgIpc) is 2.33. The van der Waals surface area contributed by atoms with Crippen molar-refractivity contribution in [1.29, 1.82) is 0 Å². The van der Waals surface area contributed by atoms with Gasteiger partial charge in [0.1, 0.15) is 0 Å². The Kier molecular flexibility index (Phi) is 5.04. The first-order valence-electron chi connectivity index (χ1n) is 5.31. The summed E-state index contributed by atoms with van der Waals surface area (Å²) in [5.74, 6) is 0.139. The summed E-state index contributed by atoms with van der Waals surface area (Å²) < 4.78 is 1.95. The van der Waals surface area contributed by atoms with E-state index in [0.29, 0.717) is 6.54 Å². The van der Waals surface area contributed by atoms with Gasteiger partial charge >= 0.3 is 0 Å². The second-order valence-electron chi connectivity index (χ2n) is 3.76. The number of pyridine rings is 1. The summed E-state index contributed by atoms with van der Waals surface area (Å²) in [7, 11) is 0. The molecule has 0 fully saturated rings. The molecule has 3 heteroatoms. The first-order chi connectivity index (χ1) is 7.77. The van der Waals surface area contributed by atoms with E-state index in [2.05, 4.69) is 0 Å².